The molecule has 17 heavy (non-hydrogen) atoms. The van der Waals surface area contributed by atoms with E-state index in [1.54, 1.807) is 0 Å². The molecule has 0 unspecified atom stereocenters. The molecule has 1 aliphatic rings. The van der Waals surface area contributed by atoms with Crippen LogP contribution in [0.15, 0.2) is 12.4 Å². The van der Waals surface area contributed by atoms with Gasteiger partial charge in [0, 0.05) is 12.7 Å². The molecule has 0 amide bonds. The molecule has 2 rings (SSSR count). The fourth-order valence-electron chi connectivity index (χ4n) is 2.12. The second-order valence-electron chi connectivity index (χ2n) is 4.80. The molecule has 0 spiro atoms. The van der Waals surface area contributed by atoms with Gasteiger partial charge in [-0.15, -0.1) is 0 Å². The largest absolute Gasteiger partial charge is 0.301 e. The standard InChI is InChI=1S/C12H21N3.C2H6/c1-11-3-5-14(6-4-11)7-8-15-10-12(2)9-13-15;1-2/h9-11H,3-8H2,1-2H3;1-2H3. The number of aromatic nitrogens is 2. The van der Waals surface area contributed by atoms with E-state index < -0.39 is 0 Å². The lowest BCUT2D eigenvalue weighted by Gasteiger charge is -2.29. The van der Waals surface area contributed by atoms with E-state index in [-0.39, 0.29) is 0 Å². The molecule has 0 aromatic carbocycles. The van der Waals surface area contributed by atoms with E-state index in [2.05, 4.69) is 30.0 Å². The van der Waals surface area contributed by atoms with Gasteiger partial charge in [0.2, 0.25) is 0 Å². The highest BCUT2D eigenvalue weighted by molar-refractivity contribution is 4.99. The summed E-state index contributed by atoms with van der Waals surface area (Å²) in [5.41, 5.74) is 1.25. The number of nitrogens with zero attached hydrogens (tertiary/aromatic N) is 3. The highest BCUT2D eigenvalue weighted by atomic mass is 15.3. The second kappa shape index (κ2) is 7.49. The van der Waals surface area contributed by atoms with E-state index in [0.29, 0.717) is 0 Å². The molecule has 0 N–H and O–H groups in total. The van der Waals surface area contributed by atoms with Crippen LogP contribution in [0.3, 0.4) is 0 Å². The lowest BCUT2D eigenvalue weighted by atomic mass is 9.99. The van der Waals surface area contributed by atoms with Crippen molar-refractivity contribution in [1.82, 2.24) is 14.7 Å². The summed E-state index contributed by atoms with van der Waals surface area (Å²) in [6.45, 7) is 13.2. The zero-order valence-electron chi connectivity index (χ0n) is 11.8. The summed E-state index contributed by atoms with van der Waals surface area (Å²) >= 11 is 0. The average molecular weight is 237 g/mol. The molecule has 1 aliphatic heterocycles. The molecular formula is C14H27N3. The van der Waals surface area contributed by atoms with Gasteiger partial charge in [-0.05, 0) is 44.3 Å². The van der Waals surface area contributed by atoms with Crippen molar-refractivity contribution in [3.63, 3.8) is 0 Å². The minimum Gasteiger partial charge on any atom is -0.301 e. The molecule has 0 atom stereocenters. The summed E-state index contributed by atoms with van der Waals surface area (Å²) in [4.78, 5) is 2.55. The van der Waals surface area contributed by atoms with Crippen LogP contribution >= 0.6 is 0 Å². The molecule has 1 saturated heterocycles. The highest BCUT2D eigenvalue weighted by Gasteiger charge is 2.14. The Balaban J connectivity index is 0.000000686. The minimum atomic E-state index is 0.924. The van der Waals surface area contributed by atoms with Gasteiger partial charge in [-0.25, -0.2) is 0 Å². The molecule has 1 fully saturated rings. The summed E-state index contributed by atoms with van der Waals surface area (Å²) in [5, 5.41) is 4.31. The van der Waals surface area contributed by atoms with Crippen molar-refractivity contribution >= 4 is 0 Å². The van der Waals surface area contributed by atoms with Crippen LogP contribution in [0.25, 0.3) is 0 Å². The molecule has 2 heterocycles. The molecular weight excluding hydrogens is 210 g/mol. The fourth-order valence-corrected chi connectivity index (χ4v) is 2.12. The monoisotopic (exact) mass is 237 g/mol. The Labute approximate surface area is 106 Å². The van der Waals surface area contributed by atoms with E-state index in [9.17, 15) is 0 Å². The highest BCUT2D eigenvalue weighted by Crippen LogP contribution is 2.15. The van der Waals surface area contributed by atoms with Gasteiger partial charge < -0.3 is 4.90 Å². The number of likely N-dealkylation sites (tertiary alicyclic amines) is 1. The topological polar surface area (TPSA) is 21.1 Å². The van der Waals surface area contributed by atoms with E-state index in [1.807, 2.05) is 24.7 Å². The van der Waals surface area contributed by atoms with E-state index in [1.165, 1.54) is 31.5 Å². The van der Waals surface area contributed by atoms with Crippen LogP contribution < -0.4 is 0 Å². The lowest BCUT2D eigenvalue weighted by molar-refractivity contribution is 0.184. The Kier molecular flexibility index (Phi) is 6.27. The molecule has 3 heteroatoms. The third-order valence-corrected chi connectivity index (χ3v) is 3.28. The van der Waals surface area contributed by atoms with Crippen molar-refractivity contribution in [2.75, 3.05) is 19.6 Å². The smallest absolute Gasteiger partial charge is 0.0536 e. The van der Waals surface area contributed by atoms with Crippen LogP contribution in [0.2, 0.25) is 0 Å². The zero-order chi connectivity index (χ0) is 12.7. The van der Waals surface area contributed by atoms with Crippen LogP contribution in [0.5, 0.6) is 0 Å². The predicted octanol–water partition coefficient (Wildman–Crippen LogP) is 2.95. The van der Waals surface area contributed by atoms with E-state index >= 15 is 0 Å². The first kappa shape index (κ1) is 14.2. The minimum absolute atomic E-state index is 0.924. The molecule has 0 radical (unpaired) electrons. The Morgan fingerprint density at radius 1 is 1.24 bits per heavy atom. The van der Waals surface area contributed by atoms with Gasteiger partial charge in [-0.1, -0.05) is 20.8 Å². The fraction of sp³-hybridized carbons (Fsp3) is 0.786. The van der Waals surface area contributed by atoms with Gasteiger partial charge in [0.15, 0.2) is 0 Å². The molecule has 98 valence electrons. The number of hydrogen-bond donors (Lipinski definition) is 0. The van der Waals surface area contributed by atoms with Gasteiger partial charge in [-0.2, -0.15) is 5.10 Å². The SMILES string of the molecule is CC.Cc1cnn(CCN2CCC(C)CC2)c1. The summed E-state index contributed by atoms with van der Waals surface area (Å²) in [6.07, 6.45) is 6.76. The van der Waals surface area contributed by atoms with Crippen LogP contribution in [0, 0.1) is 12.8 Å². The number of aryl methyl sites for hydroxylation is 1. The van der Waals surface area contributed by atoms with Crippen molar-refractivity contribution in [3.05, 3.63) is 18.0 Å². The second-order valence-corrected chi connectivity index (χ2v) is 4.80. The van der Waals surface area contributed by atoms with Crippen molar-refractivity contribution in [2.45, 2.75) is 47.1 Å². The Bertz CT molecular complexity index is 298. The average Bonchev–Trinajstić information content (AvgIpc) is 2.77. The van der Waals surface area contributed by atoms with Crippen LogP contribution in [-0.2, 0) is 6.54 Å². The van der Waals surface area contributed by atoms with Crippen molar-refractivity contribution < 1.29 is 0 Å². The quantitative estimate of drug-likeness (QED) is 0.806. The van der Waals surface area contributed by atoms with Gasteiger partial charge in [0.05, 0.1) is 12.7 Å². The van der Waals surface area contributed by atoms with E-state index in [4.69, 9.17) is 0 Å². The first-order valence-corrected chi connectivity index (χ1v) is 6.95. The number of piperidine rings is 1. The van der Waals surface area contributed by atoms with Crippen molar-refractivity contribution in [3.8, 4) is 0 Å². The maximum atomic E-state index is 4.31. The summed E-state index contributed by atoms with van der Waals surface area (Å²) < 4.78 is 2.05. The summed E-state index contributed by atoms with van der Waals surface area (Å²) in [5.74, 6) is 0.924. The molecule has 1 aromatic heterocycles. The molecule has 0 aliphatic carbocycles. The zero-order valence-corrected chi connectivity index (χ0v) is 11.8. The number of rotatable bonds is 3. The Hall–Kier alpha value is -0.830. The van der Waals surface area contributed by atoms with Crippen molar-refractivity contribution in [1.29, 1.82) is 0 Å². The van der Waals surface area contributed by atoms with Gasteiger partial charge in [0.25, 0.3) is 0 Å². The van der Waals surface area contributed by atoms with Gasteiger partial charge in [-0.3, -0.25) is 4.68 Å². The summed E-state index contributed by atoms with van der Waals surface area (Å²) in [7, 11) is 0. The number of hydrogen-bond acceptors (Lipinski definition) is 2. The predicted molar refractivity (Wildman–Crippen MR) is 73.2 cm³/mol. The van der Waals surface area contributed by atoms with Gasteiger partial charge in [0.1, 0.15) is 0 Å². The van der Waals surface area contributed by atoms with Crippen molar-refractivity contribution in [2.24, 2.45) is 5.92 Å². The third-order valence-electron chi connectivity index (χ3n) is 3.28. The van der Waals surface area contributed by atoms with Gasteiger partial charge >= 0.3 is 0 Å². The normalized spacial score (nSPS) is 17.6. The molecule has 0 saturated carbocycles. The van der Waals surface area contributed by atoms with E-state index in [0.717, 1.165) is 19.0 Å². The first-order valence-electron chi connectivity index (χ1n) is 6.95. The first-order chi connectivity index (χ1) is 8.24. The maximum Gasteiger partial charge on any atom is 0.0536 e. The Morgan fingerprint density at radius 2 is 1.88 bits per heavy atom. The molecule has 1 aromatic rings. The van der Waals surface area contributed by atoms with Crippen LogP contribution in [-0.4, -0.2) is 34.3 Å². The molecule has 0 bridgehead atoms. The maximum absolute atomic E-state index is 4.31. The Morgan fingerprint density at radius 3 is 2.41 bits per heavy atom. The van der Waals surface area contributed by atoms with Crippen LogP contribution in [0.4, 0.5) is 0 Å². The molecule has 3 nitrogen and oxygen atoms in total. The lowest BCUT2D eigenvalue weighted by Crippen LogP contribution is -2.35. The third kappa shape index (κ3) is 4.90. The van der Waals surface area contributed by atoms with Crippen LogP contribution in [0.1, 0.15) is 39.2 Å². The summed E-state index contributed by atoms with van der Waals surface area (Å²) in [6, 6.07) is 0.